The van der Waals surface area contributed by atoms with E-state index in [-0.39, 0.29) is 17.4 Å². The van der Waals surface area contributed by atoms with E-state index in [9.17, 15) is 4.39 Å². The van der Waals surface area contributed by atoms with Gasteiger partial charge < -0.3 is 4.74 Å². The van der Waals surface area contributed by atoms with Gasteiger partial charge in [0, 0.05) is 41.0 Å². The summed E-state index contributed by atoms with van der Waals surface area (Å²) in [5.41, 5.74) is 3.75. The Kier molecular flexibility index (Phi) is 4.56. The van der Waals surface area contributed by atoms with Crippen LogP contribution in [0.15, 0.2) is 54.9 Å². The molecule has 3 unspecified atom stereocenters. The number of anilines is 2. The predicted molar refractivity (Wildman–Crippen MR) is 121 cm³/mol. The lowest BCUT2D eigenvalue weighted by Gasteiger charge is -2.47. The monoisotopic (exact) mass is 429 g/mol. The highest BCUT2D eigenvalue weighted by atomic mass is 19.1. The third kappa shape index (κ3) is 2.90. The molecule has 2 aromatic carbocycles. The average molecular weight is 430 g/mol. The summed E-state index contributed by atoms with van der Waals surface area (Å²) in [7, 11) is 0. The van der Waals surface area contributed by atoms with Gasteiger partial charge in [0.1, 0.15) is 12.0 Å². The summed E-state index contributed by atoms with van der Waals surface area (Å²) in [5, 5.41) is 0. The van der Waals surface area contributed by atoms with Crippen molar-refractivity contribution in [3.05, 3.63) is 72.3 Å². The van der Waals surface area contributed by atoms with Crippen LogP contribution in [-0.4, -0.2) is 46.3 Å². The van der Waals surface area contributed by atoms with Crippen LogP contribution in [0.25, 0.3) is 11.1 Å². The molecule has 163 valence electrons. The van der Waals surface area contributed by atoms with Crippen molar-refractivity contribution in [2.24, 2.45) is 0 Å². The largest absolute Gasteiger partial charge is 0.378 e. The number of ether oxygens (including phenoxy) is 1. The first kappa shape index (κ1) is 19.8. The van der Waals surface area contributed by atoms with Crippen molar-refractivity contribution in [3.63, 3.8) is 0 Å². The lowest BCUT2D eigenvalue weighted by molar-refractivity contribution is -0.0624. The molecule has 1 spiro atoms. The Bertz CT molecular complexity index is 1140. The van der Waals surface area contributed by atoms with E-state index >= 15 is 0 Å². The van der Waals surface area contributed by atoms with E-state index in [2.05, 4.69) is 41.8 Å². The van der Waals surface area contributed by atoms with Crippen LogP contribution < -0.4 is 4.90 Å². The summed E-state index contributed by atoms with van der Waals surface area (Å²) >= 11 is 0. The molecule has 2 aliphatic heterocycles. The van der Waals surface area contributed by atoms with Crippen molar-refractivity contribution < 1.29 is 9.13 Å². The second-order valence-corrected chi connectivity index (χ2v) is 9.28. The third-order valence-electron chi connectivity index (χ3n) is 7.22. The van der Waals surface area contributed by atoms with Crippen molar-refractivity contribution in [1.82, 2.24) is 14.9 Å². The van der Waals surface area contributed by atoms with Crippen LogP contribution >= 0.6 is 0 Å². The van der Waals surface area contributed by atoms with Gasteiger partial charge in [-0.3, -0.25) is 9.80 Å². The highest BCUT2D eigenvalue weighted by Gasteiger charge is 2.62. The summed E-state index contributed by atoms with van der Waals surface area (Å²) < 4.78 is 20.1. The van der Waals surface area contributed by atoms with Gasteiger partial charge in [-0.05, 0) is 50.5 Å². The van der Waals surface area contributed by atoms with Crippen LogP contribution in [0, 0.1) is 11.9 Å². The van der Waals surface area contributed by atoms with Crippen molar-refractivity contribution in [2.45, 2.75) is 50.4 Å². The summed E-state index contributed by atoms with van der Waals surface area (Å²) in [5.74, 6) is 0.376. The van der Waals surface area contributed by atoms with Crippen LogP contribution in [-0.2, 0) is 10.2 Å². The number of benzene rings is 2. The molecular formula is C26H26FN4O. The fraction of sp³-hybridized carbons (Fsp3) is 0.385. The van der Waals surface area contributed by atoms with Gasteiger partial charge >= 0.3 is 0 Å². The molecule has 3 atom stereocenters. The van der Waals surface area contributed by atoms with E-state index < -0.39 is 0 Å². The smallest absolute Gasteiger partial charge is 0.231 e. The van der Waals surface area contributed by atoms with E-state index in [1.807, 2.05) is 12.1 Å². The maximum absolute atomic E-state index is 14.3. The van der Waals surface area contributed by atoms with Crippen LogP contribution in [0.4, 0.5) is 16.0 Å². The van der Waals surface area contributed by atoms with Gasteiger partial charge in [-0.2, -0.15) is 0 Å². The molecule has 1 saturated heterocycles. The summed E-state index contributed by atoms with van der Waals surface area (Å²) in [6, 6.07) is 16.8. The molecule has 2 fully saturated rings. The van der Waals surface area contributed by atoms with Gasteiger partial charge in [-0.25, -0.2) is 14.4 Å². The van der Waals surface area contributed by atoms with Gasteiger partial charge in [-0.1, -0.05) is 30.3 Å². The lowest BCUT2D eigenvalue weighted by Crippen LogP contribution is -2.61. The van der Waals surface area contributed by atoms with E-state index in [4.69, 9.17) is 14.7 Å². The Labute approximate surface area is 187 Å². The number of rotatable bonds is 3. The molecule has 1 aliphatic carbocycles. The molecule has 5 nitrogen and oxygen atoms in total. The Balaban J connectivity index is 1.45. The number of morpholine rings is 1. The maximum atomic E-state index is 14.3. The van der Waals surface area contributed by atoms with Crippen LogP contribution in [0.3, 0.4) is 0 Å². The molecule has 0 bridgehead atoms. The number of fused-ring (bicyclic) bond motifs is 2. The van der Waals surface area contributed by atoms with E-state index in [0.29, 0.717) is 29.2 Å². The minimum Gasteiger partial charge on any atom is -0.378 e. The second-order valence-electron chi connectivity index (χ2n) is 9.28. The molecule has 0 N–H and O–H groups in total. The van der Waals surface area contributed by atoms with E-state index in [1.54, 1.807) is 24.5 Å². The first-order chi connectivity index (χ1) is 15.6. The standard InChI is InChI=1S/C26H26FN4O/c1-17-15-32-16-18(2)30(17)24-26(11-12-26)21-8-4-6-10-23(21)31(24)25-28-13-19(14-29-25)20-7-3-5-9-22(20)27/h3-5,7-10,13-14,17-18,24H,11-12,15-16H2,1-2H3. The second kappa shape index (κ2) is 7.36. The normalized spacial score (nSPS) is 26.3. The van der Waals surface area contributed by atoms with Gasteiger partial charge in [0.15, 0.2) is 0 Å². The Morgan fingerprint density at radius 3 is 2.47 bits per heavy atom. The van der Waals surface area contributed by atoms with Gasteiger partial charge in [0.25, 0.3) is 0 Å². The number of nitrogens with zero attached hydrogens (tertiary/aromatic N) is 4. The lowest BCUT2D eigenvalue weighted by atomic mass is 9.93. The van der Waals surface area contributed by atoms with Gasteiger partial charge in [-0.15, -0.1) is 0 Å². The summed E-state index contributed by atoms with van der Waals surface area (Å²) in [6.45, 7) is 5.92. The Hall–Kier alpha value is -2.83. The number of hydrogen-bond donors (Lipinski definition) is 0. The molecular weight excluding hydrogens is 403 g/mol. The molecule has 3 aliphatic rings. The Morgan fingerprint density at radius 2 is 1.78 bits per heavy atom. The fourth-order valence-electron chi connectivity index (χ4n) is 5.64. The van der Waals surface area contributed by atoms with Crippen molar-refractivity contribution in [3.8, 4) is 11.1 Å². The SMILES string of the molecule is CC1COCC(C)N1C1N(c2ncc(-c3ccccc3F)cn2)c2c[c]ccc2C12CC2. The molecule has 3 heterocycles. The van der Waals surface area contributed by atoms with E-state index in [1.165, 1.54) is 11.6 Å². The first-order valence-corrected chi connectivity index (χ1v) is 11.3. The zero-order valence-corrected chi connectivity index (χ0v) is 18.3. The van der Waals surface area contributed by atoms with Crippen LogP contribution in [0.1, 0.15) is 32.3 Å². The zero-order valence-electron chi connectivity index (χ0n) is 18.3. The minimum atomic E-state index is -0.268. The molecule has 1 aromatic heterocycles. The fourth-order valence-corrected chi connectivity index (χ4v) is 5.64. The number of aromatic nitrogens is 2. The van der Waals surface area contributed by atoms with Gasteiger partial charge in [0.2, 0.25) is 5.95 Å². The molecule has 1 radical (unpaired) electrons. The predicted octanol–water partition coefficient (Wildman–Crippen LogP) is 4.70. The van der Waals surface area contributed by atoms with Gasteiger partial charge in [0.05, 0.1) is 18.9 Å². The van der Waals surface area contributed by atoms with Crippen molar-refractivity contribution in [2.75, 3.05) is 18.1 Å². The highest BCUT2D eigenvalue weighted by Crippen LogP contribution is 2.62. The number of hydrogen-bond acceptors (Lipinski definition) is 5. The van der Waals surface area contributed by atoms with Crippen molar-refractivity contribution >= 4 is 11.6 Å². The summed E-state index contributed by atoms with van der Waals surface area (Å²) in [4.78, 5) is 14.4. The maximum Gasteiger partial charge on any atom is 0.231 e. The third-order valence-corrected chi connectivity index (χ3v) is 7.22. The van der Waals surface area contributed by atoms with Crippen LogP contribution in [0.5, 0.6) is 0 Å². The topological polar surface area (TPSA) is 41.5 Å². The summed E-state index contributed by atoms with van der Waals surface area (Å²) in [6.07, 6.45) is 5.88. The number of halogens is 1. The molecule has 3 aromatic rings. The zero-order chi connectivity index (χ0) is 21.9. The minimum absolute atomic E-state index is 0.0812. The first-order valence-electron chi connectivity index (χ1n) is 11.3. The molecule has 6 heteroatoms. The molecule has 1 saturated carbocycles. The quantitative estimate of drug-likeness (QED) is 0.604. The molecule has 6 rings (SSSR count). The molecule has 32 heavy (non-hydrogen) atoms. The average Bonchev–Trinajstić information content (AvgIpc) is 3.55. The van der Waals surface area contributed by atoms with E-state index in [0.717, 1.165) is 31.7 Å². The van der Waals surface area contributed by atoms with Crippen LogP contribution in [0.2, 0.25) is 0 Å². The Morgan fingerprint density at radius 1 is 1.06 bits per heavy atom. The molecule has 0 amide bonds. The highest BCUT2D eigenvalue weighted by molar-refractivity contribution is 5.73. The van der Waals surface area contributed by atoms with Crippen molar-refractivity contribution in [1.29, 1.82) is 0 Å².